The fourth-order valence-electron chi connectivity index (χ4n) is 2.24. The van der Waals surface area contributed by atoms with E-state index in [2.05, 4.69) is 0 Å². The summed E-state index contributed by atoms with van der Waals surface area (Å²) in [6, 6.07) is -0.147. The van der Waals surface area contributed by atoms with Gasteiger partial charge in [0.15, 0.2) is 11.2 Å². The molecule has 18 heavy (non-hydrogen) atoms. The zero-order valence-corrected chi connectivity index (χ0v) is 11.1. The quantitative estimate of drug-likeness (QED) is 0.675. The Hall–Kier alpha value is -2.05. The molecule has 2 heterocycles. The summed E-state index contributed by atoms with van der Waals surface area (Å²) in [4.78, 5) is 36.1. The van der Waals surface area contributed by atoms with E-state index in [4.69, 9.17) is 0 Å². The van der Waals surface area contributed by atoms with Gasteiger partial charge in [-0.1, -0.05) is 0 Å². The molecule has 0 atom stereocenters. The zero-order valence-electron chi connectivity index (χ0n) is 11.1. The molecular formula is C11H16N4O3. The molecule has 0 fully saturated rings. The van der Waals surface area contributed by atoms with Crippen molar-refractivity contribution in [1.29, 1.82) is 0 Å². The second-order valence-electron chi connectivity index (χ2n) is 4.68. The van der Waals surface area contributed by atoms with E-state index in [1.54, 1.807) is 14.1 Å². The van der Waals surface area contributed by atoms with E-state index in [-0.39, 0.29) is 17.2 Å². The van der Waals surface area contributed by atoms with Crippen LogP contribution in [0.25, 0.3) is 11.2 Å². The van der Waals surface area contributed by atoms with Crippen LogP contribution in [0.1, 0.15) is 19.9 Å². The van der Waals surface area contributed by atoms with E-state index < -0.39 is 11.2 Å². The highest BCUT2D eigenvalue weighted by atomic mass is 16.2. The number of aryl methyl sites for hydroxylation is 2. The van der Waals surface area contributed by atoms with E-state index >= 15 is 0 Å². The fourth-order valence-corrected chi connectivity index (χ4v) is 2.24. The first-order chi connectivity index (χ1) is 8.29. The molecule has 0 aliphatic carbocycles. The number of rotatable bonds is 1. The predicted octanol–water partition coefficient (Wildman–Crippen LogP) is -0.682. The summed E-state index contributed by atoms with van der Waals surface area (Å²) >= 11 is 0. The molecule has 98 valence electrons. The molecule has 0 aromatic carbocycles. The molecule has 0 N–H and O–H groups in total. The number of imidazole rings is 1. The standard InChI is InChI=1S/C11H16N4O3/c1-6(2)15-7-8(13(4)11(15)18)12(3)10(17)14(5)9(7)16/h6H,1-5H3. The molecule has 2 aromatic rings. The van der Waals surface area contributed by atoms with E-state index in [1.165, 1.54) is 20.7 Å². The maximum absolute atomic E-state index is 12.2. The molecule has 0 unspecified atom stereocenters. The van der Waals surface area contributed by atoms with Gasteiger partial charge in [0.25, 0.3) is 5.56 Å². The van der Waals surface area contributed by atoms with Gasteiger partial charge in [0.05, 0.1) is 0 Å². The van der Waals surface area contributed by atoms with Crippen LogP contribution in [-0.2, 0) is 21.1 Å². The molecule has 7 nitrogen and oxygen atoms in total. The highest BCUT2D eigenvalue weighted by molar-refractivity contribution is 5.71. The third-order valence-corrected chi connectivity index (χ3v) is 3.18. The number of hydrogen-bond donors (Lipinski definition) is 0. The topological polar surface area (TPSA) is 70.9 Å². The fraction of sp³-hybridized carbons (Fsp3) is 0.545. The lowest BCUT2D eigenvalue weighted by molar-refractivity contribution is 0.580. The Morgan fingerprint density at radius 3 is 1.83 bits per heavy atom. The van der Waals surface area contributed by atoms with E-state index in [1.807, 2.05) is 13.8 Å². The lowest BCUT2D eigenvalue weighted by Gasteiger charge is -2.08. The summed E-state index contributed by atoms with van der Waals surface area (Å²) in [5.41, 5.74) is -0.564. The van der Waals surface area contributed by atoms with Crippen molar-refractivity contribution >= 4 is 11.2 Å². The van der Waals surface area contributed by atoms with Gasteiger partial charge in [-0.2, -0.15) is 0 Å². The average Bonchev–Trinajstić information content (AvgIpc) is 2.57. The molecule has 0 aliphatic heterocycles. The van der Waals surface area contributed by atoms with Gasteiger partial charge in [-0.05, 0) is 13.8 Å². The Kier molecular flexibility index (Phi) is 2.57. The predicted molar refractivity (Wildman–Crippen MR) is 68.0 cm³/mol. The maximum atomic E-state index is 12.2. The van der Waals surface area contributed by atoms with Crippen LogP contribution in [0, 0.1) is 0 Å². The highest BCUT2D eigenvalue weighted by Crippen LogP contribution is 2.10. The number of fused-ring (bicyclic) bond motifs is 1. The van der Waals surface area contributed by atoms with Crippen LogP contribution in [0.3, 0.4) is 0 Å². The van der Waals surface area contributed by atoms with Gasteiger partial charge >= 0.3 is 11.4 Å². The Balaban J connectivity index is 3.28. The summed E-state index contributed by atoms with van der Waals surface area (Å²) in [7, 11) is 4.52. The van der Waals surface area contributed by atoms with Crippen LogP contribution in [0.5, 0.6) is 0 Å². The van der Waals surface area contributed by atoms with Crippen molar-refractivity contribution in [2.45, 2.75) is 19.9 Å². The number of nitrogens with zero attached hydrogens (tertiary/aromatic N) is 4. The molecule has 2 rings (SSSR count). The molecule has 0 radical (unpaired) electrons. The largest absolute Gasteiger partial charge is 0.332 e. The van der Waals surface area contributed by atoms with Gasteiger partial charge in [0.2, 0.25) is 0 Å². The van der Waals surface area contributed by atoms with Crippen LogP contribution in [0.2, 0.25) is 0 Å². The third-order valence-electron chi connectivity index (χ3n) is 3.18. The van der Waals surface area contributed by atoms with Crippen LogP contribution < -0.4 is 16.9 Å². The molecule has 0 bridgehead atoms. The first kappa shape index (κ1) is 12.4. The first-order valence-electron chi connectivity index (χ1n) is 5.66. The van der Waals surface area contributed by atoms with Crippen LogP contribution in [0.15, 0.2) is 14.4 Å². The summed E-state index contributed by atoms with van der Waals surface area (Å²) in [6.07, 6.45) is 0. The van der Waals surface area contributed by atoms with Gasteiger partial charge in [-0.25, -0.2) is 9.59 Å². The van der Waals surface area contributed by atoms with Crippen molar-refractivity contribution in [2.75, 3.05) is 0 Å². The van der Waals surface area contributed by atoms with Gasteiger partial charge in [-0.15, -0.1) is 0 Å². The summed E-state index contributed by atoms with van der Waals surface area (Å²) < 4.78 is 5.08. The number of hydrogen-bond acceptors (Lipinski definition) is 3. The van der Waals surface area contributed by atoms with Crippen LogP contribution >= 0.6 is 0 Å². The van der Waals surface area contributed by atoms with Gasteiger partial charge < -0.3 is 0 Å². The second kappa shape index (κ2) is 3.72. The third kappa shape index (κ3) is 1.33. The van der Waals surface area contributed by atoms with Crippen LogP contribution in [0.4, 0.5) is 0 Å². The van der Waals surface area contributed by atoms with Crippen molar-refractivity contribution in [3.05, 3.63) is 31.3 Å². The Morgan fingerprint density at radius 2 is 1.33 bits per heavy atom. The van der Waals surface area contributed by atoms with Gasteiger partial charge in [0.1, 0.15) is 0 Å². The van der Waals surface area contributed by atoms with Crippen molar-refractivity contribution in [1.82, 2.24) is 18.3 Å². The minimum atomic E-state index is -0.445. The Bertz CT molecular complexity index is 801. The normalized spacial score (nSPS) is 11.7. The summed E-state index contributed by atoms with van der Waals surface area (Å²) in [5.74, 6) is 0. The van der Waals surface area contributed by atoms with Crippen molar-refractivity contribution < 1.29 is 0 Å². The lowest BCUT2D eigenvalue weighted by atomic mass is 10.4. The van der Waals surface area contributed by atoms with Crippen molar-refractivity contribution in [2.24, 2.45) is 21.1 Å². The highest BCUT2D eigenvalue weighted by Gasteiger charge is 2.20. The molecule has 0 amide bonds. The molecule has 0 spiro atoms. The van der Waals surface area contributed by atoms with E-state index in [0.717, 1.165) is 4.57 Å². The molecule has 0 saturated carbocycles. The molecule has 0 saturated heterocycles. The minimum Gasteiger partial charge on any atom is -0.283 e. The van der Waals surface area contributed by atoms with Crippen molar-refractivity contribution in [3.63, 3.8) is 0 Å². The maximum Gasteiger partial charge on any atom is 0.332 e. The SMILES string of the molecule is CC(C)n1c(=O)n(C)c2c1c(=O)n(C)c(=O)n2C. The van der Waals surface area contributed by atoms with E-state index in [0.29, 0.717) is 5.65 Å². The molecule has 7 heteroatoms. The zero-order chi connectivity index (χ0) is 13.8. The Morgan fingerprint density at radius 1 is 0.833 bits per heavy atom. The lowest BCUT2D eigenvalue weighted by Crippen LogP contribution is -2.38. The Labute approximate surface area is 102 Å². The molecule has 2 aromatic heterocycles. The monoisotopic (exact) mass is 252 g/mol. The minimum absolute atomic E-state index is 0.147. The summed E-state index contributed by atoms with van der Waals surface area (Å²) in [5, 5.41) is 0. The van der Waals surface area contributed by atoms with Gasteiger partial charge in [-0.3, -0.25) is 23.1 Å². The first-order valence-corrected chi connectivity index (χ1v) is 5.66. The smallest absolute Gasteiger partial charge is 0.283 e. The summed E-state index contributed by atoms with van der Waals surface area (Å²) in [6.45, 7) is 3.65. The second-order valence-corrected chi connectivity index (χ2v) is 4.68. The molecule has 0 aliphatic rings. The average molecular weight is 252 g/mol. The molecular weight excluding hydrogens is 236 g/mol. The van der Waals surface area contributed by atoms with E-state index in [9.17, 15) is 14.4 Å². The van der Waals surface area contributed by atoms with Crippen molar-refractivity contribution in [3.8, 4) is 0 Å². The number of aromatic nitrogens is 4. The van der Waals surface area contributed by atoms with Crippen LogP contribution in [-0.4, -0.2) is 18.3 Å². The van der Waals surface area contributed by atoms with Gasteiger partial charge in [0, 0.05) is 27.2 Å².